The van der Waals surface area contributed by atoms with E-state index in [0.29, 0.717) is 23.9 Å². The van der Waals surface area contributed by atoms with Gasteiger partial charge in [-0.1, -0.05) is 29.8 Å². The van der Waals surface area contributed by atoms with Crippen molar-refractivity contribution >= 4 is 34.1 Å². The van der Waals surface area contributed by atoms with Crippen molar-refractivity contribution in [3.8, 4) is 5.75 Å². The maximum atomic E-state index is 12.7. The molecule has 1 aromatic carbocycles. The van der Waals surface area contributed by atoms with Crippen LogP contribution in [0.25, 0.3) is 16.6 Å². The second-order valence-corrected chi connectivity index (χ2v) is 6.96. The average molecular weight is 382 g/mol. The Labute approximate surface area is 162 Å². The van der Waals surface area contributed by atoms with Gasteiger partial charge in [0.15, 0.2) is 6.10 Å². The second-order valence-electron chi connectivity index (χ2n) is 6.56. The molecule has 1 atom stereocenters. The third kappa shape index (κ3) is 3.55. The number of halogens is 1. The first-order valence-corrected chi connectivity index (χ1v) is 9.33. The number of aromatic amines is 1. The number of hydrogen-bond acceptors (Lipinski definition) is 3. The van der Waals surface area contributed by atoms with Crippen molar-refractivity contribution in [3.05, 3.63) is 65.5 Å². The fraction of sp³-hybridized carbons (Fsp3) is 0.238. The molecule has 138 valence electrons. The van der Waals surface area contributed by atoms with Crippen LogP contribution in [0.5, 0.6) is 5.75 Å². The van der Waals surface area contributed by atoms with E-state index in [-0.39, 0.29) is 5.91 Å². The van der Waals surface area contributed by atoms with E-state index in [1.165, 1.54) is 5.57 Å². The lowest BCUT2D eigenvalue weighted by Gasteiger charge is -2.29. The molecule has 3 aromatic rings. The van der Waals surface area contributed by atoms with Gasteiger partial charge in [0.2, 0.25) is 0 Å². The molecular weight excluding hydrogens is 362 g/mol. The van der Waals surface area contributed by atoms with Crippen LogP contribution in [0.3, 0.4) is 0 Å². The summed E-state index contributed by atoms with van der Waals surface area (Å²) in [5.41, 5.74) is 3.28. The molecule has 1 amide bonds. The Hall–Kier alpha value is -2.79. The minimum atomic E-state index is -0.586. The minimum absolute atomic E-state index is 0.0363. The second kappa shape index (κ2) is 7.45. The fourth-order valence-electron chi connectivity index (χ4n) is 3.37. The SMILES string of the molecule is CC(Oc1ccccc1Cl)C(=O)N1CC=C(c2c[nH]c3ncccc23)CC1. The van der Waals surface area contributed by atoms with Gasteiger partial charge in [0, 0.05) is 36.4 Å². The number of ether oxygens (including phenoxy) is 1. The third-order valence-corrected chi connectivity index (χ3v) is 5.12. The number of hydrogen-bond donors (Lipinski definition) is 1. The smallest absolute Gasteiger partial charge is 0.263 e. The first kappa shape index (κ1) is 17.6. The van der Waals surface area contributed by atoms with Crippen LogP contribution in [0, 0.1) is 0 Å². The standard InChI is InChI=1S/C21H20ClN3O2/c1-14(27-19-7-3-2-6-18(19)22)21(26)25-11-8-15(9-12-25)17-13-24-20-16(17)5-4-10-23-20/h2-8,10,13-14H,9,11-12H2,1H3,(H,23,24). The summed E-state index contributed by atoms with van der Waals surface area (Å²) in [6.45, 7) is 2.99. The zero-order valence-electron chi connectivity index (χ0n) is 15.0. The van der Waals surface area contributed by atoms with Gasteiger partial charge in [-0.3, -0.25) is 4.79 Å². The normalized spacial score (nSPS) is 15.5. The number of amides is 1. The van der Waals surface area contributed by atoms with Crippen LogP contribution in [0.15, 0.2) is 54.9 Å². The summed E-state index contributed by atoms with van der Waals surface area (Å²) in [6, 6.07) is 11.2. The Kier molecular flexibility index (Phi) is 4.86. The van der Waals surface area contributed by atoms with E-state index in [2.05, 4.69) is 22.1 Å². The molecule has 0 spiro atoms. The molecule has 1 unspecified atom stereocenters. The van der Waals surface area contributed by atoms with E-state index in [9.17, 15) is 4.79 Å². The highest BCUT2D eigenvalue weighted by atomic mass is 35.5. The van der Waals surface area contributed by atoms with E-state index in [1.807, 2.05) is 29.3 Å². The maximum absolute atomic E-state index is 12.7. The van der Waals surface area contributed by atoms with Crippen LogP contribution in [-0.2, 0) is 4.79 Å². The molecule has 0 aliphatic carbocycles. The molecular formula is C21H20ClN3O2. The molecule has 0 radical (unpaired) electrons. The number of aromatic nitrogens is 2. The third-order valence-electron chi connectivity index (χ3n) is 4.81. The lowest BCUT2D eigenvalue weighted by molar-refractivity contribution is -0.137. The minimum Gasteiger partial charge on any atom is -0.479 e. The Morgan fingerprint density at radius 2 is 2.15 bits per heavy atom. The summed E-state index contributed by atoms with van der Waals surface area (Å²) >= 11 is 6.12. The highest BCUT2D eigenvalue weighted by molar-refractivity contribution is 6.32. The summed E-state index contributed by atoms with van der Waals surface area (Å²) in [6.07, 6.45) is 6.09. The molecule has 27 heavy (non-hydrogen) atoms. The monoisotopic (exact) mass is 381 g/mol. The molecule has 2 aromatic heterocycles. The van der Waals surface area contributed by atoms with Crippen LogP contribution in [-0.4, -0.2) is 40.0 Å². The predicted octanol–water partition coefficient (Wildman–Crippen LogP) is 4.30. The fourth-order valence-corrected chi connectivity index (χ4v) is 3.55. The summed E-state index contributed by atoms with van der Waals surface area (Å²) in [7, 11) is 0. The number of para-hydroxylation sites is 1. The van der Waals surface area contributed by atoms with Crippen LogP contribution in [0.2, 0.25) is 5.02 Å². The maximum Gasteiger partial charge on any atom is 0.263 e. The quantitative estimate of drug-likeness (QED) is 0.733. The van der Waals surface area contributed by atoms with E-state index in [4.69, 9.17) is 16.3 Å². The Bertz CT molecular complexity index is 1010. The van der Waals surface area contributed by atoms with Gasteiger partial charge >= 0.3 is 0 Å². The number of fused-ring (bicyclic) bond motifs is 1. The summed E-state index contributed by atoms with van der Waals surface area (Å²) < 4.78 is 5.76. The number of carbonyl (C=O) groups is 1. The van der Waals surface area contributed by atoms with Gasteiger partial charge in [0.1, 0.15) is 11.4 Å². The van der Waals surface area contributed by atoms with Gasteiger partial charge in [-0.2, -0.15) is 0 Å². The molecule has 5 nitrogen and oxygen atoms in total. The average Bonchev–Trinajstić information content (AvgIpc) is 3.13. The number of pyridine rings is 1. The number of H-pyrrole nitrogens is 1. The molecule has 3 heterocycles. The van der Waals surface area contributed by atoms with Crippen molar-refractivity contribution in [1.29, 1.82) is 0 Å². The molecule has 4 rings (SSSR count). The molecule has 0 saturated carbocycles. The summed E-state index contributed by atoms with van der Waals surface area (Å²) in [4.78, 5) is 22.1. The molecule has 0 saturated heterocycles. The number of nitrogens with one attached hydrogen (secondary N) is 1. The first-order chi connectivity index (χ1) is 13.1. The first-order valence-electron chi connectivity index (χ1n) is 8.95. The van der Waals surface area contributed by atoms with Crippen LogP contribution in [0.1, 0.15) is 18.9 Å². The number of benzene rings is 1. The van der Waals surface area contributed by atoms with Crippen molar-refractivity contribution in [1.82, 2.24) is 14.9 Å². The van der Waals surface area contributed by atoms with Crippen LogP contribution < -0.4 is 4.74 Å². The lowest BCUT2D eigenvalue weighted by atomic mass is 9.99. The highest BCUT2D eigenvalue weighted by Gasteiger charge is 2.25. The Morgan fingerprint density at radius 3 is 2.93 bits per heavy atom. The molecule has 6 heteroatoms. The topological polar surface area (TPSA) is 58.2 Å². The van der Waals surface area contributed by atoms with Crippen molar-refractivity contribution in [2.75, 3.05) is 13.1 Å². The molecule has 1 N–H and O–H groups in total. The zero-order valence-corrected chi connectivity index (χ0v) is 15.7. The summed E-state index contributed by atoms with van der Waals surface area (Å²) in [5.74, 6) is 0.491. The van der Waals surface area contributed by atoms with E-state index >= 15 is 0 Å². The van der Waals surface area contributed by atoms with Crippen molar-refractivity contribution in [2.45, 2.75) is 19.4 Å². The van der Waals surface area contributed by atoms with Gasteiger partial charge in [-0.05, 0) is 43.2 Å². The molecule has 0 fully saturated rings. The van der Waals surface area contributed by atoms with Gasteiger partial charge in [0.25, 0.3) is 5.91 Å². The zero-order chi connectivity index (χ0) is 18.8. The molecule has 1 aliphatic rings. The van der Waals surface area contributed by atoms with Crippen molar-refractivity contribution in [2.24, 2.45) is 0 Å². The number of carbonyl (C=O) groups excluding carboxylic acids is 1. The number of rotatable bonds is 4. The Balaban J connectivity index is 1.45. The van der Waals surface area contributed by atoms with Crippen LogP contribution in [0.4, 0.5) is 0 Å². The van der Waals surface area contributed by atoms with Crippen molar-refractivity contribution in [3.63, 3.8) is 0 Å². The van der Waals surface area contributed by atoms with Gasteiger partial charge < -0.3 is 14.6 Å². The molecule has 1 aliphatic heterocycles. The highest BCUT2D eigenvalue weighted by Crippen LogP contribution is 2.29. The van der Waals surface area contributed by atoms with Gasteiger partial charge in [0.05, 0.1) is 5.02 Å². The Morgan fingerprint density at radius 1 is 1.30 bits per heavy atom. The van der Waals surface area contributed by atoms with Gasteiger partial charge in [-0.25, -0.2) is 4.98 Å². The van der Waals surface area contributed by atoms with Gasteiger partial charge in [-0.15, -0.1) is 0 Å². The largest absolute Gasteiger partial charge is 0.479 e. The van der Waals surface area contributed by atoms with E-state index in [1.54, 1.807) is 25.3 Å². The molecule has 0 bridgehead atoms. The lowest BCUT2D eigenvalue weighted by Crippen LogP contribution is -2.42. The van der Waals surface area contributed by atoms with E-state index in [0.717, 1.165) is 23.0 Å². The van der Waals surface area contributed by atoms with Crippen molar-refractivity contribution < 1.29 is 9.53 Å². The van der Waals surface area contributed by atoms with E-state index < -0.39 is 6.10 Å². The summed E-state index contributed by atoms with van der Waals surface area (Å²) in [5, 5.41) is 1.62. The van der Waals surface area contributed by atoms with Crippen LogP contribution >= 0.6 is 11.6 Å². The predicted molar refractivity (Wildman–Crippen MR) is 107 cm³/mol. The number of nitrogens with zero attached hydrogens (tertiary/aromatic N) is 2.